The molecule has 0 heterocycles. The maximum Gasteiger partial charge on any atom is 0.250 e. The molecule has 0 unspecified atom stereocenters. The molecule has 2 aromatic rings. The summed E-state index contributed by atoms with van der Waals surface area (Å²) in [5, 5.41) is 4.86. The number of nitrogens with zero attached hydrogens (tertiary/aromatic N) is 1. The van der Waals surface area contributed by atoms with Crippen LogP contribution in [0.25, 0.3) is 0 Å². The summed E-state index contributed by atoms with van der Waals surface area (Å²) >= 11 is 13.5. The van der Waals surface area contributed by atoms with E-state index < -0.39 is 0 Å². The van der Waals surface area contributed by atoms with Crippen LogP contribution in [0.2, 0.25) is 10.0 Å². The zero-order chi connectivity index (χ0) is 15.9. The van der Waals surface area contributed by atoms with Crippen LogP contribution in [-0.4, -0.2) is 17.9 Å². The number of amides is 1. The normalized spacial score (nSPS) is 10.9. The number of hydrogen-bond donors (Lipinski definition) is 1. The lowest BCUT2D eigenvalue weighted by molar-refractivity contribution is -0.118. The Balaban J connectivity index is 1.88. The highest BCUT2D eigenvalue weighted by atomic mass is 35.5. The van der Waals surface area contributed by atoms with E-state index in [2.05, 4.69) is 10.5 Å². The van der Waals surface area contributed by atoms with Gasteiger partial charge >= 0.3 is 0 Å². The zero-order valence-electron chi connectivity index (χ0n) is 11.8. The molecule has 0 atom stereocenters. The minimum Gasteiger partial charge on any atom is -0.272 e. The molecule has 0 saturated carbocycles. The lowest BCUT2D eigenvalue weighted by Gasteiger charge is -2.04. The number of aryl methyl sites for hydroxylation is 1. The molecule has 1 N–H and O–H groups in total. The Kier molecular flexibility index (Phi) is 6.31. The van der Waals surface area contributed by atoms with Gasteiger partial charge < -0.3 is 0 Å². The van der Waals surface area contributed by atoms with Gasteiger partial charge in [-0.3, -0.25) is 4.79 Å². The molecule has 0 bridgehead atoms. The van der Waals surface area contributed by atoms with Gasteiger partial charge in [-0.05, 0) is 30.7 Å². The van der Waals surface area contributed by atoms with Crippen molar-refractivity contribution in [2.75, 3.05) is 5.75 Å². The predicted molar refractivity (Wildman–Crippen MR) is 94.1 cm³/mol. The Labute approximate surface area is 143 Å². The van der Waals surface area contributed by atoms with E-state index in [1.54, 1.807) is 18.2 Å². The lowest BCUT2D eigenvalue weighted by Crippen LogP contribution is -2.19. The molecule has 114 valence electrons. The summed E-state index contributed by atoms with van der Waals surface area (Å²) in [6.45, 7) is 2.01. The quantitative estimate of drug-likeness (QED) is 0.487. The standard InChI is InChI=1S/C16H14Cl2N2OS/c1-11-5-2-3-8-15(11)22-10-16(21)20-19-9-12-13(17)6-4-7-14(12)18/h2-9H,10H2,1H3,(H,20,21). The van der Waals surface area contributed by atoms with Crippen LogP contribution >= 0.6 is 35.0 Å². The van der Waals surface area contributed by atoms with E-state index in [4.69, 9.17) is 23.2 Å². The van der Waals surface area contributed by atoms with Crippen LogP contribution in [0.15, 0.2) is 52.5 Å². The number of carbonyl (C=O) groups excluding carboxylic acids is 1. The highest BCUT2D eigenvalue weighted by Gasteiger charge is 2.05. The lowest BCUT2D eigenvalue weighted by atomic mass is 10.2. The first kappa shape index (κ1) is 16.9. The van der Waals surface area contributed by atoms with E-state index in [1.165, 1.54) is 18.0 Å². The number of rotatable bonds is 5. The molecule has 0 saturated heterocycles. The second kappa shape index (κ2) is 8.22. The van der Waals surface area contributed by atoms with Crippen molar-refractivity contribution >= 4 is 47.1 Å². The maximum atomic E-state index is 11.8. The third-order valence-corrected chi connectivity index (χ3v) is 4.67. The fourth-order valence-corrected chi connectivity index (χ4v) is 3.01. The molecule has 0 aliphatic rings. The van der Waals surface area contributed by atoms with Crippen molar-refractivity contribution in [3.63, 3.8) is 0 Å². The van der Waals surface area contributed by atoms with Gasteiger partial charge in [0, 0.05) is 10.5 Å². The van der Waals surface area contributed by atoms with Crippen LogP contribution in [-0.2, 0) is 4.79 Å². The van der Waals surface area contributed by atoms with Crippen molar-refractivity contribution in [1.29, 1.82) is 0 Å². The van der Waals surface area contributed by atoms with E-state index in [-0.39, 0.29) is 5.91 Å². The first-order chi connectivity index (χ1) is 10.6. The minimum atomic E-state index is -0.187. The van der Waals surface area contributed by atoms with E-state index in [9.17, 15) is 4.79 Å². The molecule has 0 spiro atoms. The van der Waals surface area contributed by atoms with Crippen LogP contribution < -0.4 is 5.43 Å². The SMILES string of the molecule is Cc1ccccc1SCC(=O)NN=Cc1c(Cl)cccc1Cl. The molecule has 0 aliphatic carbocycles. The Morgan fingerprint density at radius 1 is 1.18 bits per heavy atom. The third-order valence-electron chi connectivity index (χ3n) is 2.83. The molecule has 0 aromatic heterocycles. The largest absolute Gasteiger partial charge is 0.272 e. The Hall–Kier alpha value is -1.49. The summed E-state index contributed by atoms with van der Waals surface area (Å²) in [7, 11) is 0. The molecular formula is C16H14Cl2N2OS. The number of hydrazone groups is 1. The van der Waals surface area contributed by atoms with Crippen molar-refractivity contribution < 1.29 is 4.79 Å². The number of thioether (sulfide) groups is 1. The van der Waals surface area contributed by atoms with Crippen molar-refractivity contribution in [3.05, 3.63) is 63.6 Å². The topological polar surface area (TPSA) is 41.5 Å². The summed E-state index contributed by atoms with van der Waals surface area (Å²) in [6, 6.07) is 13.1. The second-order valence-electron chi connectivity index (χ2n) is 4.48. The third kappa shape index (κ3) is 4.77. The van der Waals surface area contributed by atoms with Crippen LogP contribution in [0.1, 0.15) is 11.1 Å². The first-order valence-electron chi connectivity index (χ1n) is 6.52. The van der Waals surface area contributed by atoms with Crippen LogP contribution in [0.3, 0.4) is 0 Å². The fourth-order valence-electron chi connectivity index (χ4n) is 1.70. The van der Waals surface area contributed by atoms with Crippen molar-refractivity contribution in [3.8, 4) is 0 Å². The summed E-state index contributed by atoms with van der Waals surface area (Å²) < 4.78 is 0. The zero-order valence-corrected chi connectivity index (χ0v) is 14.2. The van der Waals surface area contributed by atoms with Crippen LogP contribution in [0.5, 0.6) is 0 Å². The smallest absolute Gasteiger partial charge is 0.250 e. The second-order valence-corrected chi connectivity index (χ2v) is 6.31. The van der Waals surface area contributed by atoms with E-state index in [1.807, 2.05) is 31.2 Å². The summed E-state index contributed by atoms with van der Waals surface area (Å²) in [6.07, 6.45) is 1.45. The molecular weight excluding hydrogens is 339 g/mol. The van der Waals surface area contributed by atoms with Crippen LogP contribution in [0, 0.1) is 6.92 Å². The highest BCUT2D eigenvalue weighted by molar-refractivity contribution is 8.00. The average molecular weight is 353 g/mol. The summed E-state index contributed by atoms with van der Waals surface area (Å²) in [5.41, 5.74) is 4.19. The molecule has 0 aliphatic heterocycles. The van der Waals surface area contributed by atoms with Gasteiger partial charge in [-0.1, -0.05) is 47.5 Å². The van der Waals surface area contributed by atoms with Gasteiger partial charge in [0.1, 0.15) is 0 Å². The maximum absolute atomic E-state index is 11.8. The number of hydrogen-bond acceptors (Lipinski definition) is 3. The van der Waals surface area contributed by atoms with Gasteiger partial charge in [-0.25, -0.2) is 5.43 Å². The summed E-state index contributed by atoms with van der Waals surface area (Å²) in [5.74, 6) is 0.103. The van der Waals surface area contributed by atoms with E-state index in [0.717, 1.165) is 10.5 Å². The Morgan fingerprint density at radius 2 is 1.86 bits per heavy atom. The molecule has 22 heavy (non-hydrogen) atoms. The molecule has 0 fully saturated rings. The molecule has 3 nitrogen and oxygen atoms in total. The van der Waals surface area contributed by atoms with Gasteiger partial charge in [0.25, 0.3) is 0 Å². The fraction of sp³-hybridized carbons (Fsp3) is 0.125. The predicted octanol–water partition coefficient (Wildman–Crippen LogP) is 4.54. The van der Waals surface area contributed by atoms with Gasteiger partial charge in [0.15, 0.2) is 0 Å². The highest BCUT2D eigenvalue weighted by Crippen LogP contribution is 2.22. The van der Waals surface area contributed by atoms with Gasteiger partial charge in [0.05, 0.1) is 22.0 Å². The minimum absolute atomic E-state index is 0.187. The molecule has 2 rings (SSSR count). The number of halogens is 2. The Morgan fingerprint density at radius 3 is 2.55 bits per heavy atom. The van der Waals surface area contributed by atoms with Crippen LogP contribution in [0.4, 0.5) is 0 Å². The molecule has 6 heteroatoms. The van der Waals surface area contributed by atoms with Crippen molar-refractivity contribution in [2.45, 2.75) is 11.8 Å². The molecule has 1 amide bonds. The molecule has 0 radical (unpaired) electrons. The molecule has 2 aromatic carbocycles. The monoisotopic (exact) mass is 352 g/mol. The number of benzene rings is 2. The van der Waals surface area contributed by atoms with Crippen molar-refractivity contribution in [2.24, 2.45) is 5.10 Å². The van der Waals surface area contributed by atoms with E-state index >= 15 is 0 Å². The summed E-state index contributed by atoms with van der Waals surface area (Å²) in [4.78, 5) is 12.9. The van der Waals surface area contributed by atoms with Gasteiger partial charge in [-0.15, -0.1) is 11.8 Å². The van der Waals surface area contributed by atoms with E-state index in [0.29, 0.717) is 21.4 Å². The Bertz CT molecular complexity index is 684. The van der Waals surface area contributed by atoms with Crippen molar-refractivity contribution in [1.82, 2.24) is 5.43 Å². The van der Waals surface area contributed by atoms with Gasteiger partial charge in [0.2, 0.25) is 5.91 Å². The number of nitrogens with one attached hydrogen (secondary N) is 1. The average Bonchev–Trinajstić information content (AvgIpc) is 2.49. The van der Waals surface area contributed by atoms with Gasteiger partial charge in [-0.2, -0.15) is 5.10 Å². The first-order valence-corrected chi connectivity index (χ1v) is 8.26. The number of carbonyl (C=O) groups is 1.